The number of H-pyrrole nitrogens is 1. The van der Waals surface area contributed by atoms with Gasteiger partial charge in [-0.15, -0.1) is 0 Å². The molecule has 3 aromatic rings. The Hall–Kier alpha value is -3.19. The zero-order valence-corrected chi connectivity index (χ0v) is 16.0. The van der Waals surface area contributed by atoms with Gasteiger partial charge in [0, 0.05) is 22.5 Å². The minimum atomic E-state index is -0.411. The maximum atomic E-state index is 13.2. The van der Waals surface area contributed by atoms with Crippen LogP contribution in [0.1, 0.15) is 35.3 Å². The fourth-order valence-electron chi connectivity index (χ4n) is 3.80. The lowest BCUT2D eigenvalue weighted by Crippen LogP contribution is -2.39. The summed E-state index contributed by atoms with van der Waals surface area (Å²) in [5.74, 6) is -0.853. The average Bonchev–Trinajstić information content (AvgIpc) is 3.35. The van der Waals surface area contributed by atoms with E-state index in [0.717, 1.165) is 29.4 Å². The predicted octanol–water partition coefficient (Wildman–Crippen LogP) is 3.57. The van der Waals surface area contributed by atoms with Gasteiger partial charge in [-0.3, -0.25) is 4.79 Å². The van der Waals surface area contributed by atoms with Crippen LogP contribution < -0.4 is 10.6 Å². The molecule has 4 rings (SSSR count). The summed E-state index contributed by atoms with van der Waals surface area (Å²) in [5.41, 5.74) is 2.74. The van der Waals surface area contributed by atoms with Gasteiger partial charge in [0.1, 0.15) is 11.5 Å². The largest absolute Gasteiger partial charge is 0.461 e. The van der Waals surface area contributed by atoms with Gasteiger partial charge in [0.2, 0.25) is 5.91 Å². The van der Waals surface area contributed by atoms with Gasteiger partial charge in [0.25, 0.3) is 0 Å². The molecule has 7 heteroatoms. The molecule has 150 valence electrons. The van der Waals surface area contributed by atoms with Gasteiger partial charge in [-0.2, -0.15) is 0 Å². The van der Waals surface area contributed by atoms with E-state index in [4.69, 9.17) is 4.74 Å². The summed E-state index contributed by atoms with van der Waals surface area (Å²) in [4.78, 5) is 27.8. The molecule has 2 atom stereocenters. The minimum absolute atomic E-state index is 0.0120. The van der Waals surface area contributed by atoms with Crippen LogP contribution in [0.3, 0.4) is 0 Å². The minimum Gasteiger partial charge on any atom is -0.461 e. The molecule has 0 saturated carbocycles. The van der Waals surface area contributed by atoms with Crippen molar-refractivity contribution in [3.8, 4) is 0 Å². The van der Waals surface area contributed by atoms with Crippen molar-refractivity contribution >= 4 is 28.5 Å². The number of benzene rings is 2. The second-order valence-electron chi connectivity index (χ2n) is 7.07. The normalized spacial score (nSPS) is 18.7. The number of hydrogen-bond donors (Lipinski definition) is 3. The molecule has 0 unspecified atom stereocenters. The number of rotatable bonds is 5. The van der Waals surface area contributed by atoms with Gasteiger partial charge >= 0.3 is 5.97 Å². The Labute approximate surface area is 167 Å². The maximum Gasteiger partial charge on any atom is 0.354 e. The topological polar surface area (TPSA) is 83.2 Å². The van der Waals surface area contributed by atoms with Gasteiger partial charge in [-0.25, -0.2) is 9.18 Å². The first kappa shape index (κ1) is 19.1. The van der Waals surface area contributed by atoms with E-state index in [1.54, 1.807) is 31.2 Å². The fourth-order valence-corrected chi connectivity index (χ4v) is 3.80. The maximum absolute atomic E-state index is 13.2. The molecule has 29 heavy (non-hydrogen) atoms. The number of carbonyl (C=O) groups excluding carboxylic acids is 2. The number of carbonyl (C=O) groups is 2. The number of ether oxygens (including phenoxy) is 1. The Morgan fingerprint density at radius 2 is 1.97 bits per heavy atom. The molecular weight excluding hydrogens is 373 g/mol. The molecule has 1 aromatic heterocycles. The van der Waals surface area contributed by atoms with Crippen molar-refractivity contribution in [2.24, 2.45) is 0 Å². The van der Waals surface area contributed by atoms with E-state index in [1.165, 1.54) is 12.1 Å². The first-order chi connectivity index (χ1) is 14.0. The number of nitrogens with one attached hydrogen (secondary N) is 3. The van der Waals surface area contributed by atoms with Gasteiger partial charge in [0.15, 0.2) is 0 Å². The van der Waals surface area contributed by atoms with Crippen LogP contribution in [0, 0.1) is 5.82 Å². The Balaban J connectivity index is 1.50. The molecule has 3 N–H and O–H groups in total. The van der Waals surface area contributed by atoms with Crippen LogP contribution in [0.2, 0.25) is 0 Å². The van der Waals surface area contributed by atoms with Crippen molar-refractivity contribution in [1.29, 1.82) is 0 Å². The Morgan fingerprint density at radius 3 is 2.72 bits per heavy atom. The molecule has 1 saturated heterocycles. The highest BCUT2D eigenvalue weighted by Gasteiger charge is 2.33. The molecule has 1 amide bonds. The van der Waals surface area contributed by atoms with Crippen LogP contribution in [-0.2, 0) is 9.53 Å². The number of fused-ring (bicyclic) bond motifs is 1. The highest BCUT2D eigenvalue weighted by molar-refractivity contribution is 5.99. The number of aromatic nitrogens is 1. The third kappa shape index (κ3) is 4.00. The Kier molecular flexibility index (Phi) is 5.31. The lowest BCUT2D eigenvalue weighted by Gasteiger charge is -2.19. The van der Waals surface area contributed by atoms with E-state index in [2.05, 4.69) is 15.6 Å². The summed E-state index contributed by atoms with van der Waals surface area (Å²) in [6.07, 6.45) is 0.809. The van der Waals surface area contributed by atoms with Crippen LogP contribution in [0.25, 0.3) is 10.9 Å². The van der Waals surface area contributed by atoms with Crippen molar-refractivity contribution in [3.05, 3.63) is 65.6 Å². The first-order valence-electron chi connectivity index (χ1n) is 9.65. The zero-order chi connectivity index (χ0) is 20.4. The molecule has 1 aliphatic heterocycles. The zero-order valence-electron chi connectivity index (χ0n) is 16.0. The van der Waals surface area contributed by atoms with Crippen LogP contribution in [0.15, 0.2) is 48.5 Å². The van der Waals surface area contributed by atoms with E-state index in [9.17, 15) is 14.0 Å². The van der Waals surface area contributed by atoms with Crippen molar-refractivity contribution in [2.75, 3.05) is 18.5 Å². The van der Waals surface area contributed by atoms with Gasteiger partial charge in [-0.1, -0.05) is 12.1 Å². The summed E-state index contributed by atoms with van der Waals surface area (Å²) in [6, 6.07) is 13.0. The summed E-state index contributed by atoms with van der Waals surface area (Å²) in [7, 11) is 0. The molecule has 2 aromatic carbocycles. The Morgan fingerprint density at radius 1 is 1.17 bits per heavy atom. The second-order valence-corrected chi connectivity index (χ2v) is 7.07. The molecule has 0 spiro atoms. The summed E-state index contributed by atoms with van der Waals surface area (Å²) in [5, 5.41) is 6.99. The van der Waals surface area contributed by atoms with Crippen molar-refractivity contribution < 1.29 is 18.7 Å². The van der Waals surface area contributed by atoms with Crippen LogP contribution in [0.5, 0.6) is 0 Å². The number of aromatic amines is 1. The highest BCUT2D eigenvalue weighted by atomic mass is 19.1. The Bertz CT molecular complexity index is 1050. The molecule has 0 aliphatic carbocycles. The summed E-state index contributed by atoms with van der Waals surface area (Å²) < 4.78 is 18.2. The van der Waals surface area contributed by atoms with Crippen LogP contribution in [-0.4, -0.2) is 36.1 Å². The second kappa shape index (κ2) is 8.05. The molecule has 6 nitrogen and oxygen atoms in total. The third-order valence-corrected chi connectivity index (χ3v) is 5.19. The number of esters is 1. The summed E-state index contributed by atoms with van der Waals surface area (Å²) in [6.45, 7) is 2.78. The van der Waals surface area contributed by atoms with E-state index in [-0.39, 0.29) is 17.6 Å². The van der Waals surface area contributed by atoms with Crippen molar-refractivity contribution in [1.82, 2.24) is 10.3 Å². The number of anilines is 1. The van der Waals surface area contributed by atoms with Crippen molar-refractivity contribution in [3.63, 3.8) is 0 Å². The number of amides is 1. The first-order valence-corrected chi connectivity index (χ1v) is 9.65. The van der Waals surface area contributed by atoms with Crippen molar-refractivity contribution in [2.45, 2.75) is 25.3 Å². The average molecular weight is 395 g/mol. The molecule has 1 aliphatic rings. The third-order valence-electron chi connectivity index (χ3n) is 5.19. The summed E-state index contributed by atoms with van der Waals surface area (Å²) >= 11 is 0. The molecule has 1 fully saturated rings. The van der Waals surface area contributed by atoms with E-state index < -0.39 is 12.0 Å². The smallest absolute Gasteiger partial charge is 0.354 e. The molecule has 0 bridgehead atoms. The van der Waals surface area contributed by atoms with Gasteiger partial charge in [0.05, 0.1) is 12.6 Å². The van der Waals surface area contributed by atoms with E-state index in [1.807, 2.05) is 12.1 Å². The SMILES string of the molecule is CCOC(=O)c1cc2cc(NC(=O)[C@@H]3NCC[C@@H]3c3ccc(F)cc3)ccc2[nH]1. The monoisotopic (exact) mass is 395 g/mol. The van der Waals surface area contributed by atoms with E-state index >= 15 is 0 Å². The molecular formula is C22H22FN3O3. The van der Waals surface area contributed by atoms with Crippen LogP contribution >= 0.6 is 0 Å². The fraction of sp³-hybridized carbons (Fsp3) is 0.273. The number of halogens is 1. The van der Waals surface area contributed by atoms with Gasteiger partial charge in [-0.05, 0) is 61.9 Å². The number of hydrogen-bond acceptors (Lipinski definition) is 4. The highest BCUT2D eigenvalue weighted by Crippen LogP contribution is 2.29. The molecule has 0 radical (unpaired) electrons. The molecule has 2 heterocycles. The lowest BCUT2D eigenvalue weighted by atomic mass is 9.91. The lowest BCUT2D eigenvalue weighted by molar-refractivity contribution is -0.118. The van der Waals surface area contributed by atoms with Crippen LogP contribution in [0.4, 0.5) is 10.1 Å². The van der Waals surface area contributed by atoms with Gasteiger partial charge < -0.3 is 20.4 Å². The quantitative estimate of drug-likeness (QED) is 0.577. The predicted molar refractivity (Wildman–Crippen MR) is 108 cm³/mol. The standard InChI is InChI=1S/C22H22FN3O3/c1-2-29-22(28)19-12-14-11-16(7-8-18(14)26-19)25-21(27)20-17(9-10-24-20)13-3-5-15(23)6-4-13/h3-8,11-12,17,20,24,26H,2,9-10H2,1H3,(H,25,27)/t17-,20-/m1/s1. The van der Waals surface area contributed by atoms with E-state index in [0.29, 0.717) is 18.0 Å².